The van der Waals surface area contributed by atoms with Crippen LogP contribution in [0.2, 0.25) is 0 Å². The van der Waals surface area contributed by atoms with Gasteiger partial charge in [-0.1, -0.05) is 31.9 Å². The predicted molar refractivity (Wildman–Crippen MR) is 77.9 cm³/mol. The Labute approximate surface area is 115 Å². The van der Waals surface area contributed by atoms with Crippen LogP contribution in [-0.2, 0) is 6.54 Å². The van der Waals surface area contributed by atoms with Gasteiger partial charge >= 0.3 is 0 Å². The molecule has 1 aromatic carbocycles. The molecular formula is C16H24N2O. The van der Waals surface area contributed by atoms with Crippen LogP contribution in [0.15, 0.2) is 24.3 Å². The number of benzene rings is 1. The summed E-state index contributed by atoms with van der Waals surface area (Å²) in [5, 5.41) is 3.55. The molecule has 0 saturated heterocycles. The molecule has 0 aromatic heterocycles. The average Bonchev–Trinajstić information content (AvgIpc) is 2.88. The van der Waals surface area contributed by atoms with E-state index in [-0.39, 0.29) is 5.91 Å². The van der Waals surface area contributed by atoms with Gasteiger partial charge in [0, 0.05) is 18.7 Å². The minimum absolute atomic E-state index is 0.359. The molecule has 1 aromatic rings. The zero-order valence-corrected chi connectivity index (χ0v) is 11.7. The number of hydrogen-bond acceptors (Lipinski definition) is 2. The average molecular weight is 260 g/mol. The van der Waals surface area contributed by atoms with Crippen molar-refractivity contribution in [2.75, 3.05) is 6.54 Å². The molecule has 0 aliphatic heterocycles. The molecule has 0 atom stereocenters. The Balaban J connectivity index is 1.88. The standard InChI is InChI=1S/C16H24N2O/c1-2-16(8-3-4-9-16)12-18-11-13-6-5-7-14(10-13)15(17)19/h5-7,10,18H,2-4,8-9,11-12H2,1H3,(H2,17,19). The molecule has 1 aliphatic rings. The van der Waals surface area contributed by atoms with Crippen molar-refractivity contribution in [3.05, 3.63) is 35.4 Å². The van der Waals surface area contributed by atoms with Crippen LogP contribution in [0.25, 0.3) is 0 Å². The Hall–Kier alpha value is -1.35. The van der Waals surface area contributed by atoms with Crippen molar-refractivity contribution in [3.63, 3.8) is 0 Å². The highest BCUT2D eigenvalue weighted by Gasteiger charge is 2.31. The Kier molecular flexibility index (Phi) is 4.59. The Bertz CT molecular complexity index is 436. The molecule has 1 amide bonds. The number of nitrogens with one attached hydrogen (secondary N) is 1. The van der Waals surface area contributed by atoms with Gasteiger partial charge in [-0.15, -0.1) is 0 Å². The number of carbonyl (C=O) groups is 1. The summed E-state index contributed by atoms with van der Waals surface area (Å²) in [7, 11) is 0. The molecule has 19 heavy (non-hydrogen) atoms. The third kappa shape index (κ3) is 3.57. The fourth-order valence-corrected chi connectivity index (χ4v) is 3.09. The van der Waals surface area contributed by atoms with Crippen LogP contribution in [0, 0.1) is 5.41 Å². The second-order valence-corrected chi connectivity index (χ2v) is 5.73. The van der Waals surface area contributed by atoms with Crippen molar-refractivity contribution in [2.24, 2.45) is 11.1 Å². The van der Waals surface area contributed by atoms with Crippen LogP contribution in [0.3, 0.4) is 0 Å². The molecule has 3 N–H and O–H groups in total. The molecule has 0 heterocycles. The second kappa shape index (κ2) is 6.20. The minimum atomic E-state index is -0.359. The zero-order valence-electron chi connectivity index (χ0n) is 11.7. The lowest BCUT2D eigenvalue weighted by molar-refractivity contribution is 0.1000. The van der Waals surface area contributed by atoms with Gasteiger partial charge in [0.1, 0.15) is 0 Å². The molecule has 3 heteroatoms. The number of rotatable bonds is 6. The van der Waals surface area contributed by atoms with E-state index in [0.29, 0.717) is 11.0 Å². The van der Waals surface area contributed by atoms with E-state index in [1.807, 2.05) is 18.2 Å². The van der Waals surface area contributed by atoms with Crippen molar-refractivity contribution < 1.29 is 4.79 Å². The molecule has 0 bridgehead atoms. The first-order valence-electron chi connectivity index (χ1n) is 7.25. The van der Waals surface area contributed by atoms with Gasteiger partial charge in [0.15, 0.2) is 0 Å². The molecule has 1 aliphatic carbocycles. The summed E-state index contributed by atoms with van der Waals surface area (Å²) in [6.07, 6.45) is 6.68. The monoisotopic (exact) mass is 260 g/mol. The van der Waals surface area contributed by atoms with Crippen LogP contribution in [0.1, 0.15) is 54.9 Å². The first-order chi connectivity index (χ1) is 9.15. The lowest BCUT2D eigenvalue weighted by Crippen LogP contribution is -2.31. The van der Waals surface area contributed by atoms with Crippen LogP contribution in [0.4, 0.5) is 0 Å². The lowest BCUT2D eigenvalue weighted by Gasteiger charge is -2.27. The summed E-state index contributed by atoms with van der Waals surface area (Å²) in [4.78, 5) is 11.1. The highest BCUT2D eigenvalue weighted by Crippen LogP contribution is 2.40. The first kappa shape index (κ1) is 14.1. The van der Waals surface area contributed by atoms with E-state index < -0.39 is 0 Å². The molecule has 0 radical (unpaired) electrons. The molecular weight excluding hydrogens is 236 g/mol. The summed E-state index contributed by atoms with van der Waals surface area (Å²) in [5.41, 5.74) is 7.51. The van der Waals surface area contributed by atoms with E-state index in [0.717, 1.165) is 18.7 Å². The highest BCUT2D eigenvalue weighted by molar-refractivity contribution is 5.92. The quantitative estimate of drug-likeness (QED) is 0.826. The number of primary amides is 1. The van der Waals surface area contributed by atoms with Gasteiger partial charge in [-0.2, -0.15) is 0 Å². The Morgan fingerprint density at radius 3 is 2.74 bits per heavy atom. The summed E-state index contributed by atoms with van der Waals surface area (Å²) in [5.74, 6) is -0.359. The van der Waals surface area contributed by atoms with Gasteiger partial charge in [0.05, 0.1) is 0 Å². The maximum Gasteiger partial charge on any atom is 0.248 e. The van der Waals surface area contributed by atoms with Crippen molar-refractivity contribution >= 4 is 5.91 Å². The van der Waals surface area contributed by atoms with E-state index in [2.05, 4.69) is 12.2 Å². The van der Waals surface area contributed by atoms with Crippen molar-refractivity contribution in [1.29, 1.82) is 0 Å². The molecule has 0 unspecified atom stereocenters. The van der Waals surface area contributed by atoms with Crippen LogP contribution in [-0.4, -0.2) is 12.5 Å². The van der Waals surface area contributed by atoms with Gasteiger partial charge in [0.2, 0.25) is 5.91 Å². The van der Waals surface area contributed by atoms with Crippen molar-refractivity contribution in [1.82, 2.24) is 5.32 Å². The fourth-order valence-electron chi connectivity index (χ4n) is 3.09. The number of hydrogen-bond donors (Lipinski definition) is 2. The Morgan fingerprint density at radius 2 is 2.11 bits per heavy atom. The van der Waals surface area contributed by atoms with Gasteiger partial charge in [-0.25, -0.2) is 0 Å². The van der Waals surface area contributed by atoms with Crippen molar-refractivity contribution in [3.8, 4) is 0 Å². The molecule has 2 rings (SSSR count). The lowest BCUT2D eigenvalue weighted by atomic mass is 9.83. The van der Waals surface area contributed by atoms with E-state index in [1.165, 1.54) is 32.1 Å². The predicted octanol–water partition coefficient (Wildman–Crippen LogP) is 2.85. The number of amides is 1. The third-order valence-corrected chi connectivity index (χ3v) is 4.45. The minimum Gasteiger partial charge on any atom is -0.366 e. The van der Waals surface area contributed by atoms with E-state index in [4.69, 9.17) is 5.73 Å². The smallest absolute Gasteiger partial charge is 0.248 e. The number of nitrogens with two attached hydrogens (primary N) is 1. The van der Waals surface area contributed by atoms with Gasteiger partial charge in [-0.05, 0) is 42.4 Å². The molecule has 3 nitrogen and oxygen atoms in total. The first-order valence-corrected chi connectivity index (χ1v) is 7.25. The SMILES string of the molecule is CCC1(CNCc2cccc(C(N)=O)c2)CCCC1. The second-order valence-electron chi connectivity index (χ2n) is 5.73. The summed E-state index contributed by atoms with van der Waals surface area (Å²) < 4.78 is 0. The van der Waals surface area contributed by atoms with Crippen LogP contribution >= 0.6 is 0 Å². The van der Waals surface area contributed by atoms with Crippen molar-refractivity contribution in [2.45, 2.75) is 45.6 Å². The van der Waals surface area contributed by atoms with Crippen LogP contribution in [0.5, 0.6) is 0 Å². The Morgan fingerprint density at radius 1 is 1.37 bits per heavy atom. The third-order valence-electron chi connectivity index (χ3n) is 4.45. The molecule has 1 fully saturated rings. The number of carbonyl (C=O) groups excluding carboxylic acids is 1. The van der Waals surface area contributed by atoms with E-state index >= 15 is 0 Å². The van der Waals surface area contributed by atoms with Gasteiger partial charge in [-0.3, -0.25) is 4.79 Å². The zero-order chi connectivity index (χ0) is 13.7. The summed E-state index contributed by atoms with van der Waals surface area (Å²) in [6, 6.07) is 7.56. The van der Waals surface area contributed by atoms with Gasteiger partial charge in [0.25, 0.3) is 0 Å². The highest BCUT2D eigenvalue weighted by atomic mass is 16.1. The summed E-state index contributed by atoms with van der Waals surface area (Å²) in [6.45, 7) is 4.17. The van der Waals surface area contributed by atoms with Gasteiger partial charge < -0.3 is 11.1 Å². The maximum atomic E-state index is 11.1. The van der Waals surface area contributed by atoms with E-state index in [9.17, 15) is 4.79 Å². The maximum absolute atomic E-state index is 11.1. The van der Waals surface area contributed by atoms with Crippen LogP contribution < -0.4 is 11.1 Å². The van der Waals surface area contributed by atoms with E-state index in [1.54, 1.807) is 6.07 Å². The fraction of sp³-hybridized carbons (Fsp3) is 0.562. The normalized spacial score (nSPS) is 17.5. The largest absolute Gasteiger partial charge is 0.366 e. The summed E-state index contributed by atoms with van der Waals surface area (Å²) >= 11 is 0. The molecule has 104 valence electrons. The molecule has 1 saturated carbocycles. The molecule has 0 spiro atoms. The topological polar surface area (TPSA) is 55.1 Å².